The number of H-pyrrole nitrogens is 1. The molecule has 2 unspecified atom stereocenters. The summed E-state index contributed by atoms with van der Waals surface area (Å²) in [6, 6.07) is 9.18. The minimum atomic E-state index is -0.737. The van der Waals surface area contributed by atoms with Crippen LogP contribution in [0.1, 0.15) is 50.2 Å². The third kappa shape index (κ3) is 3.73. The Labute approximate surface area is 211 Å². The van der Waals surface area contributed by atoms with Crippen LogP contribution in [0.25, 0.3) is 34.0 Å². The summed E-state index contributed by atoms with van der Waals surface area (Å²) in [4.78, 5) is 26.1. The summed E-state index contributed by atoms with van der Waals surface area (Å²) in [5, 5.41) is 21.9. The maximum Gasteiger partial charge on any atom is 0.308 e. The van der Waals surface area contributed by atoms with Crippen molar-refractivity contribution >= 4 is 34.4 Å². The number of nitrogens with zero attached hydrogens (tertiary/aromatic N) is 4. The second kappa shape index (κ2) is 8.30. The van der Waals surface area contributed by atoms with E-state index in [1.807, 2.05) is 24.3 Å². The van der Waals surface area contributed by atoms with Gasteiger partial charge in [-0.3, -0.25) is 9.89 Å². The zero-order valence-corrected chi connectivity index (χ0v) is 20.2. The van der Waals surface area contributed by atoms with E-state index in [1.54, 1.807) is 6.07 Å². The first kappa shape index (κ1) is 21.8. The van der Waals surface area contributed by atoms with Gasteiger partial charge >= 0.3 is 5.97 Å². The third-order valence-electron chi connectivity index (χ3n) is 8.01. The van der Waals surface area contributed by atoms with Crippen LogP contribution >= 0.6 is 11.6 Å². The van der Waals surface area contributed by atoms with Crippen LogP contribution in [0.4, 0.5) is 5.82 Å². The average Bonchev–Trinajstić information content (AvgIpc) is 3.45. The van der Waals surface area contributed by atoms with Crippen LogP contribution in [-0.2, 0) is 4.79 Å². The molecule has 4 fully saturated rings. The van der Waals surface area contributed by atoms with Gasteiger partial charge in [0.05, 0.1) is 11.3 Å². The summed E-state index contributed by atoms with van der Waals surface area (Å²) in [5.74, 6) is 2.47. The Morgan fingerprint density at radius 2 is 1.83 bits per heavy atom. The molecule has 0 spiro atoms. The number of carbonyl (C=O) groups is 1. The number of carboxylic acid groups (broad SMARTS) is 1. The number of rotatable bonds is 6. The lowest BCUT2D eigenvalue weighted by molar-refractivity contribution is -0.148. The molecule has 4 aromatic heterocycles. The van der Waals surface area contributed by atoms with Gasteiger partial charge in [0.1, 0.15) is 28.1 Å². The molecule has 4 heterocycles. The van der Waals surface area contributed by atoms with E-state index in [-0.39, 0.29) is 12.0 Å². The van der Waals surface area contributed by atoms with Gasteiger partial charge in [-0.05, 0) is 74.6 Å². The first-order valence-electron chi connectivity index (χ1n) is 12.5. The molecule has 10 heteroatoms. The summed E-state index contributed by atoms with van der Waals surface area (Å²) in [7, 11) is 0. The second-order valence-corrected chi connectivity index (χ2v) is 10.6. The van der Waals surface area contributed by atoms with E-state index in [2.05, 4.69) is 20.5 Å². The predicted octanol–water partition coefficient (Wildman–Crippen LogP) is 5.51. The number of aromatic nitrogens is 5. The number of hydrogen-bond acceptors (Lipinski definition) is 7. The highest BCUT2D eigenvalue weighted by Crippen LogP contribution is 2.47. The number of hydrogen-bond donors (Lipinski definition) is 3. The Morgan fingerprint density at radius 1 is 1.03 bits per heavy atom. The lowest BCUT2D eigenvalue weighted by Crippen LogP contribution is -2.51. The molecule has 0 radical (unpaired) electrons. The number of halogens is 1. The van der Waals surface area contributed by atoms with Crippen LogP contribution in [0.5, 0.6) is 0 Å². The molecule has 3 N–H and O–H groups in total. The molecule has 0 amide bonds. The van der Waals surface area contributed by atoms with E-state index in [1.165, 1.54) is 0 Å². The fourth-order valence-electron chi connectivity index (χ4n) is 6.07. The molecule has 184 valence electrons. The fourth-order valence-corrected chi connectivity index (χ4v) is 6.21. The van der Waals surface area contributed by atoms with Gasteiger partial charge in [-0.2, -0.15) is 5.10 Å². The zero-order chi connectivity index (χ0) is 24.4. The topological polar surface area (TPSA) is 130 Å². The predicted molar refractivity (Wildman–Crippen MR) is 134 cm³/mol. The maximum atomic E-state index is 12.2. The Kier molecular flexibility index (Phi) is 5.02. The molecule has 9 nitrogen and oxygen atoms in total. The van der Waals surface area contributed by atoms with Crippen LogP contribution in [0, 0.1) is 17.8 Å². The smallest absolute Gasteiger partial charge is 0.308 e. The van der Waals surface area contributed by atoms with E-state index in [9.17, 15) is 9.90 Å². The van der Waals surface area contributed by atoms with Gasteiger partial charge < -0.3 is 14.8 Å². The average molecular weight is 505 g/mol. The summed E-state index contributed by atoms with van der Waals surface area (Å²) in [6.45, 7) is 0. The van der Waals surface area contributed by atoms with Crippen LogP contribution in [0.3, 0.4) is 0 Å². The monoisotopic (exact) mass is 504 g/mol. The van der Waals surface area contributed by atoms with Gasteiger partial charge in [-0.25, -0.2) is 15.0 Å². The first-order chi connectivity index (χ1) is 17.5. The van der Waals surface area contributed by atoms with Crippen molar-refractivity contribution in [3.05, 3.63) is 41.2 Å². The molecule has 0 saturated heterocycles. The Bertz CT molecular complexity index is 1470. The summed E-state index contributed by atoms with van der Waals surface area (Å²) in [6.07, 6.45) is 6.32. The molecule has 4 saturated carbocycles. The van der Waals surface area contributed by atoms with Crippen LogP contribution in [-0.4, -0.2) is 42.3 Å². The van der Waals surface area contributed by atoms with Gasteiger partial charge in [-0.15, -0.1) is 0 Å². The summed E-state index contributed by atoms with van der Waals surface area (Å²) < 4.78 is 6.16. The van der Waals surface area contributed by atoms with Gasteiger partial charge in [0.2, 0.25) is 0 Å². The van der Waals surface area contributed by atoms with Crippen LogP contribution < -0.4 is 5.32 Å². The number of anilines is 1. The molecule has 0 aromatic carbocycles. The first-order valence-corrected chi connectivity index (χ1v) is 12.9. The quantitative estimate of drug-likeness (QED) is 0.293. The minimum Gasteiger partial charge on any atom is -0.481 e. The van der Waals surface area contributed by atoms with Crippen molar-refractivity contribution in [1.82, 2.24) is 25.1 Å². The number of aromatic amines is 1. The number of nitrogens with one attached hydrogen (secondary N) is 2. The van der Waals surface area contributed by atoms with Crippen molar-refractivity contribution in [3.63, 3.8) is 0 Å². The second-order valence-electron chi connectivity index (χ2n) is 10.3. The Hall–Kier alpha value is -3.46. The Morgan fingerprint density at radius 3 is 2.61 bits per heavy atom. The van der Waals surface area contributed by atoms with Gasteiger partial charge in [0.25, 0.3) is 0 Å². The highest BCUT2D eigenvalue weighted by atomic mass is 35.5. The molecular formula is C26H25ClN6O3. The van der Waals surface area contributed by atoms with E-state index < -0.39 is 11.9 Å². The number of furan rings is 1. The number of fused-ring (bicyclic) bond motifs is 4. The molecule has 4 aromatic rings. The summed E-state index contributed by atoms with van der Waals surface area (Å²) in [5.41, 5.74) is 1.73. The zero-order valence-electron chi connectivity index (χ0n) is 19.4. The third-order valence-corrected chi connectivity index (χ3v) is 8.22. The largest absolute Gasteiger partial charge is 0.481 e. The lowest BCUT2D eigenvalue weighted by atomic mass is 9.61. The van der Waals surface area contributed by atoms with Crippen LogP contribution in [0.2, 0.25) is 5.15 Å². The van der Waals surface area contributed by atoms with Crippen molar-refractivity contribution in [2.45, 2.75) is 50.5 Å². The SMILES string of the molecule is O=C(O)C1C2CCC(CC2)C1Nc1cc(-c2ccc(C3CC3)o2)nc(-c2[nH]nc3nc(Cl)ccc23)n1. The maximum absolute atomic E-state index is 12.2. The molecule has 8 rings (SSSR count). The molecule has 2 atom stereocenters. The normalized spacial score (nSPS) is 25.4. The van der Waals surface area contributed by atoms with E-state index in [0.29, 0.717) is 51.4 Å². The van der Waals surface area contributed by atoms with Gasteiger partial charge in [0.15, 0.2) is 17.2 Å². The highest BCUT2D eigenvalue weighted by Gasteiger charge is 2.47. The summed E-state index contributed by atoms with van der Waals surface area (Å²) >= 11 is 6.05. The molecule has 4 aliphatic carbocycles. The lowest BCUT2D eigenvalue weighted by Gasteiger charge is -2.47. The number of carboxylic acids is 1. The van der Waals surface area contributed by atoms with Crippen molar-refractivity contribution in [2.75, 3.05) is 5.32 Å². The minimum absolute atomic E-state index is 0.178. The molecule has 2 bridgehead atoms. The van der Waals surface area contributed by atoms with E-state index >= 15 is 0 Å². The highest BCUT2D eigenvalue weighted by molar-refractivity contribution is 6.29. The standard InChI is InChI=1S/C26H25ClN6O3/c27-19-10-7-15-23(32-33-24(15)29-19)25-28-16(18-9-8-17(36-18)12-1-2-12)11-20(31-25)30-22-14-5-3-13(4-6-14)21(22)26(34)35/h7-14,21-22H,1-6H2,(H,34,35)(H,28,30,31)(H,29,32,33). The van der Waals surface area contributed by atoms with E-state index in [0.717, 1.165) is 49.7 Å². The molecular weight excluding hydrogens is 480 g/mol. The van der Waals surface area contributed by atoms with Gasteiger partial charge in [0, 0.05) is 18.0 Å². The number of pyridine rings is 1. The van der Waals surface area contributed by atoms with Gasteiger partial charge in [-0.1, -0.05) is 11.6 Å². The molecule has 4 aliphatic rings. The van der Waals surface area contributed by atoms with Crippen molar-refractivity contribution in [2.24, 2.45) is 17.8 Å². The number of aliphatic carboxylic acids is 1. The van der Waals surface area contributed by atoms with E-state index in [4.69, 9.17) is 26.0 Å². The van der Waals surface area contributed by atoms with Crippen molar-refractivity contribution < 1.29 is 14.3 Å². The Balaban J connectivity index is 1.32. The molecule has 36 heavy (non-hydrogen) atoms. The fraction of sp³-hybridized carbons (Fsp3) is 0.423. The van der Waals surface area contributed by atoms with Crippen molar-refractivity contribution in [3.8, 4) is 23.0 Å². The molecule has 0 aliphatic heterocycles. The van der Waals surface area contributed by atoms with Crippen molar-refractivity contribution in [1.29, 1.82) is 0 Å². The van der Waals surface area contributed by atoms with Crippen LogP contribution in [0.15, 0.2) is 34.7 Å².